The van der Waals surface area contributed by atoms with Gasteiger partial charge in [-0.3, -0.25) is 4.90 Å². The van der Waals surface area contributed by atoms with Crippen LogP contribution in [0.25, 0.3) is 6.08 Å². The molecule has 2 fully saturated rings. The second-order valence-corrected chi connectivity index (χ2v) is 9.10. The number of aromatic amines is 1. The predicted octanol–water partition coefficient (Wildman–Crippen LogP) is 5.48. The molecule has 2 nitrogen and oxygen atoms in total. The minimum atomic E-state index is 0.772. The van der Waals surface area contributed by atoms with Crippen molar-refractivity contribution in [3.05, 3.63) is 64.5 Å². The third kappa shape index (κ3) is 3.52. The highest BCUT2D eigenvalue weighted by Gasteiger charge is 2.35. The van der Waals surface area contributed by atoms with Gasteiger partial charge < -0.3 is 4.98 Å². The van der Waals surface area contributed by atoms with Crippen molar-refractivity contribution in [1.29, 1.82) is 0 Å². The van der Waals surface area contributed by atoms with Gasteiger partial charge in [0.1, 0.15) is 0 Å². The molecule has 2 aromatic rings. The highest BCUT2D eigenvalue weighted by atomic mass is 15.2. The molecular formula is C25H32N2. The number of likely N-dealkylation sites (tertiary alicyclic amines) is 1. The summed E-state index contributed by atoms with van der Waals surface area (Å²) in [5, 5.41) is 0. The van der Waals surface area contributed by atoms with Crippen LogP contribution >= 0.6 is 0 Å². The van der Waals surface area contributed by atoms with Crippen molar-refractivity contribution in [3.8, 4) is 0 Å². The largest absolute Gasteiger partial charge is 0.364 e. The summed E-state index contributed by atoms with van der Waals surface area (Å²) in [6.45, 7) is 4.82. The first-order chi connectivity index (χ1) is 13.3. The van der Waals surface area contributed by atoms with E-state index in [1.54, 1.807) is 5.56 Å². The Kier molecular flexibility index (Phi) is 4.69. The van der Waals surface area contributed by atoms with Gasteiger partial charge in [0.2, 0.25) is 0 Å². The molecular weight excluding hydrogens is 328 g/mol. The number of benzene rings is 1. The zero-order valence-electron chi connectivity index (χ0n) is 16.6. The number of fused-ring (bicyclic) bond motifs is 1. The second-order valence-electron chi connectivity index (χ2n) is 9.10. The summed E-state index contributed by atoms with van der Waals surface area (Å²) in [6.07, 6.45) is 16.2. The molecule has 0 unspecified atom stereocenters. The van der Waals surface area contributed by atoms with Gasteiger partial charge in [-0.2, -0.15) is 0 Å². The van der Waals surface area contributed by atoms with Gasteiger partial charge >= 0.3 is 0 Å². The molecule has 2 heterocycles. The topological polar surface area (TPSA) is 19.0 Å². The van der Waals surface area contributed by atoms with E-state index in [4.69, 9.17) is 0 Å². The zero-order chi connectivity index (χ0) is 18.2. The third-order valence-electron chi connectivity index (χ3n) is 7.13. The molecule has 1 N–H and O–H groups in total. The number of rotatable bonds is 4. The third-order valence-corrected chi connectivity index (χ3v) is 7.13. The van der Waals surface area contributed by atoms with Crippen LogP contribution in [0.4, 0.5) is 0 Å². The number of hydrogen-bond acceptors (Lipinski definition) is 1. The van der Waals surface area contributed by atoms with Crippen LogP contribution in [-0.4, -0.2) is 29.0 Å². The Bertz CT molecular complexity index is 817. The van der Waals surface area contributed by atoms with Gasteiger partial charge in [-0.05, 0) is 80.4 Å². The van der Waals surface area contributed by atoms with E-state index in [2.05, 4.69) is 59.4 Å². The molecule has 0 spiro atoms. The molecule has 0 bridgehead atoms. The van der Waals surface area contributed by atoms with Gasteiger partial charge in [0.15, 0.2) is 0 Å². The summed E-state index contributed by atoms with van der Waals surface area (Å²) < 4.78 is 0. The quantitative estimate of drug-likeness (QED) is 0.764. The standard InChI is InChI=1S/C25H32N2/c1-18-5-4-6-19(13-18)14-20-16-27(17-20)22-11-9-21(10-12-22)24-15-26-25-8-3-2-7-23(24)25/h2,4-7,13,15,20-22,26H,3,8-12,14,16-17H2,1H3. The number of aromatic nitrogens is 1. The Morgan fingerprint density at radius 2 is 1.96 bits per heavy atom. The van der Waals surface area contributed by atoms with Gasteiger partial charge in [0, 0.05) is 31.0 Å². The molecule has 5 rings (SSSR count). The first kappa shape index (κ1) is 17.3. The lowest BCUT2D eigenvalue weighted by atomic mass is 9.78. The lowest BCUT2D eigenvalue weighted by molar-refractivity contribution is 0.0329. The molecule has 2 aliphatic carbocycles. The molecule has 0 radical (unpaired) electrons. The summed E-state index contributed by atoms with van der Waals surface area (Å²) in [7, 11) is 0. The Labute approximate surface area is 163 Å². The Balaban J connectivity index is 1.13. The van der Waals surface area contributed by atoms with E-state index in [1.807, 2.05) is 0 Å². The summed E-state index contributed by atoms with van der Waals surface area (Å²) in [4.78, 5) is 6.32. The number of hydrogen-bond donors (Lipinski definition) is 1. The lowest BCUT2D eigenvalue weighted by Gasteiger charge is -2.47. The van der Waals surface area contributed by atoms with Crippen LogP contribution in [0.3, 0.4) is 0 Å². The van der Waals surface area contributed by atoms with Gasteiger partial charge in [0.25, 0.3) is 0 Å². The van der Waals surface area contributed by atoms with E-state index in [-0.39, 0.29) is 0 Å². The maximum absolute atomic E-state index is 3.55. The van der Waals surface area contributed by atoms with Crippen molar-refractivity contribution < 1.29 is 0 Å². The van der Waals surface area contributed by atoms with Gasteiger partial charge in [-0.25, -0.2) is 0 Å². The van der Waals surface area contributed by atoms with Crippen LogP contribution in [-0.2, 0) is 12.8 Å². The Morgan fingerprint density at radius 3 is 2.78 bits per heavy atom. The Morgan fingerprint density at radius 1 is 1.11 bits per heavy atom. The average molecular weight is 361 g/mol. The molecule has 1 aliphatic heterocycles. The molecule has 1 aromatic carbocycles. The smallest absolute Gasteiger partial charge is 0.0226 e. The van der Waals surface area contributed by atoms with Crippen molar-refractivity contribution in [3.63, 3.8) is 0 Å². The number of nitrogens with one attached hydrogen (secondary N) is 1. The number of nitrogens with zero attached hydrogens (tertiary/aromatic N) is 1. The predicted molar refractivity (Wildman–Crippen MR) is 113 cm³/mol. The molecule has 1 saturated carbocycles. The van der Waals surface area contributed by atoms with E-state index >= 15 is 0 Å². The molecule has 3 aliphatic rings. The molecule has 0 amide bonds. The van der Waals surface area contributed by atoms with E-state index < -0.39 is 0 Å². The van der Waals surface area contributed by atoms with Gasteiger partial charge in [0.05, 0.1) is 0 Å². The number of H-pyrrole nitrogens is 1. The normalized spacial score (nSPS) is 26.0. The zero-order valence-corrected chi connectivity index (χ0v) is 16.6. The fourth-order valence-corrected chi connectivity index (χ4v) is 5.63. The monoisotopic (exact) mass is 360 g/mol. The van der Waals surface area contributed by atoms with E-state index in [9.17, 15) is 0 Å². The first-order valence-corrected chi connectivity index (χ1v) is 10.9. The van der Waals surface area contributed by atoms with E-state index in [1.165, 1.54) is 80.4 Å². The summed E-state index contributed by atoms with van der Waals surface area (Å²) in [5.74, 6) is 1.64. The van der Waals surface area contributed by atoms with Crippen molar-refractivity contribution in [2.75, 3.05) is 13.1 Å². The molecule has 1 saturated heterocycles. The minimum absolute atomic E-state index is 0.772. The second kappa shape index (κ2) is 7.31. The summed E-state index contributed by atoms with van der Waals surface area (Å²) in [6, 6.07) is 9.90. The van der Waals surface area contributed by atoms with Crippen LogP contribution in [0.5, 0.6) is 0 Å². The molecule has 27 heavy (non-hydrogen) atoms. The van der Waals surface area contributed by atoms with Crippen LogP contribution in [0, 0.1) is 12.8 Å². The van der Waals surface area contributed by atoms with Gasteiger partial charge in [-0.1, -0.05) is 42.0 Å². The molecule has 2 heteroatoms. The summed E-state index contributed by atoms with van der Waals surface area (Å²) in [5.41, 5.74) is 7.50. The summed E-state index contributed by atoms with van der Waals surface area (Å²) >= 11 is 0. The molecule has 142 valence electrons. The van der Waals surface area contributed by atoms with Crippen molar-refractivity contribution >= 4 is 6.08 Å². The van der Waals surface area contributed by atoms with E-state index in [0.717, 1.165) is 17.9 Å². The van der Waals surface area contributed by atoms with Crippen LogP contribution in [0.1, 0.15) is 66.0 Å². The van der Waals surface area contributed by atoms with Gasteiger partial charge in [-0.15, -0.1) is 0 Å². The van der Waals surface area contributed by atoms with Crippen LogP contribution in [0.2, 0.25) is 0 Å². The maximum atomic E-state index is 3.55. The van der Waals surface area contributed by atoms with Crippen molar-refractivity contribution in [2.24, 2.45) is 5.92 Å². The average Bonchev–Trinajstić information content (AvgIpc) is 3.09. The Hall–Kier alpha value is -1.80. The highest BCUT2D eigenvalue weighted by Crippen LogP contribution is 2.40. The van der Waals surface area contributed by atoms with Crippen LogP contribution < -0.4 is 0 Å². The SMILES string of the molecule is Cc1cccc(CC2CN(C3CCC(c4c[nH]c5c4C=CCC5)CC3)C2)c1. The number of aryl methyl sites for hydroxylation is 2. The highest BCUT2D eigenvalue weighted by molar-refractivity contribution is 5.59. The van der Waals surface area contributed by atoms with Crippen molar-refractivity contribution in [2.45, 2.75) is 63.8 Å². The lowest BCUT2D eigenvalue weighted by Crippen LogP contribution is -2.53. The van der Waals surface area contributed by atoms with E-state index in [0.29, 0.717) is 0 Å². The first-order valence-electron chi connectivity index (χ1n) is 10.9. The molecule has 1 aromatic heterocycles. The maximum Gasteiger partial charge on any atom is 0.0226 e. The van der Waals surface area contributed by atoms with Crippen LogP contribution in [0.15, 0.2) is 36.5 Å². The molecule has 0 atom stereocenters. The number of allylic oxidation sites excluding steroid dienone is 1. The minimum Gasteiger partial charge on any atom is -0.364 e. The van der Waals surface area contributed by atoms with Crippen molar-refractivity contribution in [1.82, 2.24) is 9.88 Å². The fraction of sp³-hybridized carbons (Fsp3) is 0.520. The fourth-order valence-electron chi connectivity index (χ4n) is 5.63.